The molecule has 2 aliphatic rings. The fourth-order valence-corrected chi connectivity index (χ4v) is 5.04. The predicted molar refractivity (Wildman–Crippen MR) is 136 cm³/mol. The van der Waals surface area contributed by atoms with E-state index in [0.717, 1.165) is 16.2 Å². The average Bonchev–Trinajstić information content (AvgIpc) is 3.48. The molecule has 1 aromatic heterocycles. The Labute approximate surface area is 217 Å². The Morgan fingerprint density at radius 2 is 1.81 bits per heavy atom. The molecule has 1 aromatic carbocycles. The molecule has 36 heavy (non-hydrogen) atoms. The fourth-order valence-electron chi connectivity index (χ4n) is 4.05. The second kappa shape index (κ2) is 11.8. The van der Waals surface area contributed by atoms with Gasteiger partial charge in [0.05, 0.1) is 28.9 Å². The van der Waals surface area contributed by atoms with E-state index in [9.17, 15) is 19.2 Å². The lowest BCUT2D eigenvalue weighted by atomic mass is 10.2. The van der Waals surface area contributed by atoms with Gasteiger partial charge in [-0.05, 0) is 55.8 Å². The van der Waals surface area contributed by atoms with E-state index < -0.39 is 18.1 Å². The SMILES string of the molecule is NCCCCC(=O)N(CC1CN(c2ccc(N3CCOCC3=O)cc2)C(=O)O1)C(=O)c1ccc(Cl)s1. The molecule has 2 fully saturated rings. The number of cyclic esters (lactones) is 1. The van der Waals surface area contributed by atoms with E-state index in [1.807, 2.05) is 0 Å². The molecule has 4 amide bonds. The van der Waals surface area contributed by atoms with Crippen molar-refractivity contribution in [2.45, 2.75) is 25.4 Å². The number of benzene rings is 1. The van der Waals surface area contributed by atoms with Gasteiger partial charge in [0.1, 0.15) is 12.7 Å². The molecule has 0 aliphatic carbocycles. The number of hydrogen-bond acceptors (Lipinski definition) is 8. The number of hydrogen-bond donors (Lipinski definition) is 1. The number of anilines is 2. The van der Waals surface area contributed by atoms with Crippen molar-refractivity contribution >= 4 is 58.1 Å². The number of amides is 4. The summed E-state index contributed by atoms with van der Waals surface area (Å²) in [5.41, 5.74) is 6.83. The molecular weight excluding hydrogens is 508 g/mol. The smallest absolute Gasteiger partial charge is 0.414 e. The van der Waals surface area contributed by atoms with Crippen LogP contribution in [0.1, 0.15) is 28.9 Å². The topological polar surface area (TPSA) is 122 Å². The zero-order chi connectivity index (χ0) is 25.7. The number of nitrogens with zero attached hydrogens (tertiary/aromatic N) is 3. The number of thiophene rings is 1. The average molecular weight is 535 g/mol. The molecule has 0 radical (unpaired) electrons. The van der Waals surface area contributed by atoms with E-state index in [0.29, 0.717) is 53.1 Å². The molecule has 0 spiro atoms. The maximum atomic E-state index is 13.1. The molecule has 0 bridgehead atoms. The molecule has 10 nitrogen and oxygen atoms in total. The standard InChI is InChI=1S/C24H27ClN4O6S/c25-20-9-8-19(36-20)23(32)29(21(30)3-1-2-10-26)14-18-13-28(24(33)35-18)17-6-4-16(5-7-17)27-11-12-34-15-22(27)31/h4-9,18H,1-3,10-15,26H2. The zero-order valence-electron chi connectivity index (χ0n) is 19.6. The number of carbonyl (C=O) groups is 4. The Bertz CT molecular complexity index is 1120. The molecule has 1 unspecified atom stereocenters. The highest BCUT2D eigenvalue weighted by molar-refractivity contribution is 7.18. The lowest BCUT2D eigenvalue weighted by molar-refractivity contribution is -0.129. The Morgan fingerprint density at radius 3 is 2.44 bits per heavy atom. The molecule has 3 heterocycles. The number of unbranched alkanes of at least 4 members (excludes halogenated alkanes) is 1. The number of halogens is 1. The van der Waals surface area contributed by atoms with Gasteiger partial charge in [-0.25, -0.2) is 4.79 Å². The zero-order valence-corrected chi connectivity index (χ0v) is 21.1. The van der Waals surface area contributed by atoms with Gasteiger partial charge in [0, 0.05) is 24.3 Å². The number of morpholine rings is 1. The Morgan fingerprint density at radius 1 is 1.08 bits per heavy atom. The third-order valence-electron chi connectivity index (χ3n) is 5.89. The van der Waals surface area contributed by atoms with Gasteiger partial charge < -0.3 is 20.1 Å². The van der Waals surface area contributed by atoms with E-state index in [4.69, 9.17) is 26.8 Å². The van der Waals surface area contributed by atoms with Crippen LogP contribution in [0.5, 0.6) is 0 Å². The first-order valence-corrected chi connectivity index (χ1v) is 12.8. The van der Waals surface area contributed by atoms with Crippen LogP contribution < -0.4 is 15.5 Å². The number of imide groups is 1. The summed E-state index contributed by atoms with van der Waals surface area (Å²) in [5, 5.41) is 0. The molecule has 2 aromatic rings. The van der Waals surface area contributed by atoms with Crippen molar-refractivity contribution in [3.63, 3.8) is 0 Å². The van der Waals surface area contributed by atoms with E-state index in [1.54, 1.807) is 41.3 Å². The normalized spacial score (nSPS) is 17.9. The van der Waals surface area contributed by atoms with Crippen molar-refractivity contribution in [3.05, 3.63) is 45.6 Å². The summed E-state index contributed by atoms with van der Waals surface area (Å²) in [6.07, 6.45) is 0.109. The molecule has 2 N–H and O–H groups in total. The number of carbonyl (C=O) groups excluding carboxylic acids is 4. The van der Waals surface area contributed by atoms with Gasteiger partial charge in [0.25, 0.3) is 11.8 Å². The molecular formula is C24H27ClN4O6S. The van der Waals surface area contributed by atoms with Crippen LogP contribution in [0.15, 0.2) is 36.4 Å². The first-order chi connectivity index (χ1) is 17.4. The van der Waals surface area contributed by atoms with Crippen LogP contribution in [0, 0.1) is 0 Å². The quantitative estimate of drug-likeness (QED) is 0.491. The maximum Gasteiger partial charge on any atom is 0.414 e. The van der Waals surface area contributed by atoms with Crippen LogP contribution in [-0.2, 0) is 19.1 Å². The van der Waals surface area contributed by atoms with Crippen LogP contribution in [-0.4, -0.2) is 74.2 Å². The molecule has 1 atom stereocenters. The molecule has 0 saturated carbocycles. The van der Waals surface area contributed by atoms with Crippen molar-refractivity contribution < 1.29 is 28.7 Å². The van der Waals surface area contributed by atoms with Gasteiger partial charge in [0.2, 0.25) is 5.91 Å². The lowest BCUT2D eigenvalue weighted by Crippen LogP contribution is -2.43. The second-order valence-corrected chi connectivity index (χ2v) is 10.1. The largest absolute Gasteiger partial charge is 0.442 e. The summed E-state index contributed by atoms with van der Waals surface area (Å²) in [6.45, 7) is 1.52. The van der Waals surface area contributed by atoms with Gasteiger partial charge in [0.15, 0.2) is 0 Å². The van der Waals surface area contributed by atoms with Gasteiger partial charge in [-0.15, -0.1) is 11.3 Å². The van der Waals surface area contributed by atoms with Crippen molar-refractivity contribution in [2.24, 2.45) is 5.73 Å². The monoisotopic (exact) mass is 534 g/mol. The van der Waals surface area contributed by atoms with Crippen molar-refractivity contribution in [1.82, 2.24) is 4.90 Å². The van der Waals surface area contributed by atoms with Gasteiger partial charge in [-0.3, -0.25) is 24.2 Å². The minimum Gasteiger partial charge on any atom is -0.442 e. The van der Waals surface area contributed by atoms with E-state index in [-0.39, 0.29) is 37.9 Å². The Balaban J connectivity index is 1.44. The highest BCUT2D eigenvalue weighted by Crippen LogP contribution is 2.27. The van der Waals surface area contributed by atoms with Crippen LogP contribution in [0.2, 0.25) is 4.34 Å². The highest BCUT2D eigenvalue weighted by Gasteiger charge is 2.36. The van der Waals surface area contributed by atoms with Crippen molar-refractivity contribution in [2.75, 3.05) is 49.2 Å². The molecule has 12 heteroatoms. The third kappa shape index (κ3) is 6.04. The van der Waals surface area contributed by atoms with E-state index in [1.165, 1.54) is 4.90 Å². The highest BCUT2D eigenvalue weighted by atomic mass is 35.5. The van der Waals surface area contributed by atoms with Gasteiger partial charge in [-0.2, -0.15) is 0 Å². The lowest BCUT2D eigenvalue weighted by Gasteiger charge is -2.27. The number of rotatable bonds is 9. The summed E-state index contributed by atoms with van der Waals surface area (Å²) in [5.74, 6) is -0.951. The van der Waals surface area contributed by atoms with Crippen LogP contribution in [0.25, 0.3) is 0 Å². The molecule has 4 rings (SSSR count). The number of ether oxygens (including phenoxy) is 2. The van der Waals surface area contributed by atoms with Crippen molar-refractivity contribution in [1.29, 1.82) is 0 Å². The molecule has 2 aliphatic heterocycles. The summed E-state index contributed by atoms with van der Waals surface area (Å²) in [7, 11) is 0. The second-order valence-electron chi connectivity index (χ2n) is 8.39. The summed E-state index contributed by atoms with van der Waals surface area (Å²) >= 11 is 7.07. The van der Waals surface area contributed by atoms with Crippen LogP contribution >= 0.6 is 22.9 Å². The van der Waals surface area contributed by atoms with Crippen LogP contribution in [0.4, 0.5) is 16.2 Å². The third-order valence-corrected chi connectivity index (χ3v) is 7.11. The first-order valence-electron chi connectivity index (χ1n) is 11.6. The molecule has 192 valence electrons. The summed E-state index contributed by atoms with van der Waals surface area (Å²) in [6, 6.07) is 10.2. The Hall–Kier alpha value is -2.99. The predicted octanol–water partition coefficient (Wildman–Crippen LogP) is 2.89. The fraction of sp³-hybridized carbons (Fsp3) is 0.417. The minimum atomic E-state index is -0.698. The van der Waals surface area contributed by atoms with E-state index in [2.05, 4.69) is 0 Å². The minimum absolute atomic E-state index is 0.0414. The van der Waals surface area contributed by atoms with Crippen LogP contribution in [0.3, 0.4) is 0 Å². The summed E-state index contributed by atoms with van der Waals surface area (Å²) in [4.78, 5) is 55.3. The number of nitrogens with two attached hydrogens (primary N) is 1. The van der Waals surface area contributed by atoms with Crippen molar-refractivity contribution in [3.8, 4) is 0 Å². The molecule has 2 saturated heterocycles. The maximum absolute atomic E-state index is 13.1. The van der Waals surface area contributed by atoms with Gasteiger partial charge in [-0.1, -0.05) is 11.6 Å². The van der Waals surface area contributed by atoms with E-state index >= 15 is 0 Å². The first kappa shape index (κ1) is 26.1. The summed E-state index contributed by atoms with van der Waals surface area (Å²) < 4.78 is 11.1. The van der Waals surface area contributed by atoms with Gasteiger partial charge >= 0.3 is 6.09 Å². The Kier molecular flexibility index (Phi) is 8.57.